The molecule has 0 heterocycles. The Labute approximate surface area is 380 Å². The predicted molar refractivity (Wildman–Crippen MR) is 246 cm³/mol. The SMILES string of the molecule is CC(C)(C)Oc1ccc(CCC(=O)NC(CCCN(C(=O)OCc2ccccc2)/C(N)=N/C(=O)OCc2ccccc2)C(=O)NC(Cc2ccccc2)C(=O)OCc2ccccc2)cc1. The molecule has 5 rings (SSSR count). The summed E-state index contributed by atoms with van der Waals surface area (Å²) in [7, 11) is 0. The molecule has 0 saturated carbocycles. The summed E-state index contributed by atoms with van der Waals surface area (Å²) in [5.41, 5.74) is 9.74. The fourth-order valence-corrected chi connectivity index (χ4v) is 6.47. The number of ether oxygens (including phenoxy) is 4. The molecule has 0 spiro atoms. The maximum Gasteiger partial charge on any atom is 0.437 e. The van der Waals surface area contributed by atoms with Gasteiger partial charge < -0.3 is 35.3 Å². The number of hydrogen-bond donors (Lipinski definition) is 3. The summed E-state index contributed by atoms with van der Waals surface area (Å²) in [5.74, 6) is -1.53. The van der Waals surface area contributed by atoms with E-state index in [4.69, 9.17) is 24.7 Å². The summed E-state index contributed by atoms with van der Waals surface area (Å²) in [4.78, 5) is 72.6. The highest BCUT2D eigenvalue weighted by Crippen LogP contribution is 2.19. The predicted octanol–water partition coefficient (Wildman–Crippen LogP) is 7.82. The van der Waals surface area contributed by atoms with E-state index in [1.54, 1.807) is 48.5 Å². The Bertz CT molecular complexity index is 2310. The first-order valence-corrected chi connectivity index (χ1v) is 21.5. The number of benzene rings is 5. The Morgan fingerprint density at radius 3 is 1.66 bits per heavy atom. The molecule has 2 atom stereocenters. The first kappa shape index (κ1) is 48.6. The maximum atomic E-state index is 14.3. The highest BCUT2D eigenvalue weighted by molar-refractivity contribution is 5.98. The first-order chi connectivity index (χ1) is 31.3. The second-order valence-corrected chi connectivity index (χ2v) is 16.2. The molecule has 14 nitrogen and oxygen atoms in total. The number of esters is 1. The molecule has 14 heteroatoms. The van der Waals surface area contributed by atoms with Gasteiger partial charge in [-0.05, 0) is 80.0 Å². The van der Waals surface area contributed by atoms with Gasteiger partial charge in [0, 0.05) is 19.4 Å². The molecular weight excluding hydrogens is 827 g/mol. The van der Waals surface area contributed by atoms with Gasteiger partial charge in [0.05, 0.1) is 0 Å². The lowest BCUT2D eigenvalue weighted by molar-refractivity contribution is -0.149. The van der Waals surface area contributed by atoms with Crippen LogP contribution in [0.3, 0.4) is 0 Å². The summed E-state index contributed by atoms with van der Waals surface area (Å²) in [6, 6.07) is 41.4. The van der Waals surface area contributed by atoms with E-state index in [-0.39, 0.29) is 57.6 Å². The monoisotopic (exact) mass is 883 g/mol. The van der Waals surface area contributed by atoms with Crippen molar-refractivity contribution >= 4 is 35.9 Å². The van der Waals surface area contributed by atoms with E-state index < -0.39 is 48.0 Å². The van der Waals surface area contributed by atoms with Crippen molar-refractivity contribution in [3.63, 3.8) is 0 Å². The Morgan fingerprint density at radius 2 is 1.12 bits per heavy atom. The molecule has 5 aromatic rings. The Balaban J connectivity index is 1.33. The lowest BCUT2D eigenvalue weighted by Gasteiger charge is -2.25. The summed E-state index contributed by atoms with van der Waals surface area (Å²) >= 11 is 0. The standard InChI is InChI=1S/C51H57N5O9/c1-51(2,3)65-42-29-26-37(27-30-42)28-31-45(57)53-43(46(58)54-44(33-38-17-8-4-9-18-38)47(59)62-34-39-19-10-5-11-20-39)25-16-32-56(50(61)64-36-41-23-14-7-15-24-41)48(52)55-49(60)63-35-40-21-12-6-13-22-40/h4-15,17-24,26-27,29-30,43-44H,16,25,28,31-36H2,1-3H3,(H,53,57)(H,54,58)(H2,52,55,60). The molecule has 0 saturated heterocycles. The van der Waals surface area contributed by atoms with E-state index in [9.17, 15) is 24.0 Å². The van der Waals surface area contributed by atoms with Gasteiger partial charge in [-0.25, -0.2) is 19.3 Å². The van der Waals surface area contributed by atoms with Crippen molar-refractivity contribution in [3.05, 3.63) is 173 Å². The van der Waals surface area contributed by atoms with E-state index in [1.807, 2.05) is 118 Å². The van der Waals surface area contributed by atoms with Gasteiger partial charge in [-0.2, -0.15) is 0 Å². The van der Waals surface area contributed by atoms with Crippen molar-refractivity contribution < 1.29 is 42.9 Å². The first-order valence-electron chi connectivity index (χ1n) is 21.5. The zero-order valence-corrected chi connectivity index (χ0v) is 37.0. The highest BCUT2D eigenvalue weighted by Gasteiger charge is 2.29. The lowest BCUT2D eigenvalue weighted by Crippen LogP contribution is -2.53. The molecule has 65 heavy (non-hydrogen) atoms. The Hall–Kier alpha value is -7.48. The largest absolute Gasteiger partial charge is 0.488 e. The average Bonchev–Trinajstić information content (AvgIpc) is 3.30. The number of carbonyl (C=O) groups is 5. The number of aryl methyl sites for hydroxylation is 1. The second kappa shape index (κ2) is 25.0. The van der Waals surface area contributed by atoms with Crippen LogP contribution in [0.5, 0.6) is 5.75 Å². The van der Waals surface area contributed by atoms with Gasteiger partial charge in [0.25, 0.3) is 0 Å². The van der Waals surface area contributed by atoms with Crippen molar-refractivity contribution in [1.29, 1.82) is 0 Å². The van der Waals surface area contributed by atoms with Crippen LogP contribution in [0.15, 0.2) is 151 Å². The quantitative estimate of drug-likeness (QED) is 0.0301. The van der Waals surface area contributed by atoms with Crippen LogP contribution in [0.4, 0.5) is 9.59 Å². The summed E-state index contributed by atoms with van der Waals surface area (Å²) < 4.78 is 22.4. The minimum Gasteiger partial charge on any atom is -0.488 e. The van der Waals surface area contributed by atoms with Crippen LogP contribution in [-0.2, 0) is 61.3 Å². The van der Waals surface area contributed by atoms with Crippen molar-refractivity contribution in [2.45, 2.75) is 90.4 Å². The number of nitrogens with zero attached hydrogens (tertiary/aromatic N) is 2. The van der Waals surface area contributed by atoms with Crippen LogP contribution in [-0.4, -0.2) is 65.1 Å². The van der Waals surface area contributed by atoms with Crippen LogP contribution < -0.4 is 21.1 Å². The topological polar surface area (TPSA) is 188 Å². The van der Waals surface area contributed by atoms with E-state index in [1.165, 1.54) is 0 Å². The van der Waals surface area contributed by atoms with E-state index >= 15 is 0 Å². The fourth-order valence-electron chi connectivity index (χ4n) is 6.47. The van der Waals surface area contributed by atoms with E-state index in [2.05, 4.69) is 15.6 Å². The van der Waals surface area contributed by atoms with Crippen LogP contribution >= 0.6 is 0 Å². The van der Waals surface area contributed by atoms with Gasteiger partial charge in [0.15, 0.2) is 0 Å². The molecule has 0 aliphatic heterocycles. The number of nitrogens with one attached hydrogen (secondary N) is 2. The molecule has 4 amide bonds. The van der Waals surface area contributed by atoms with Gasteiger partial charge in [-0.15, -0.1) is 4.99 Å². The Kier molecular flexibility index (Phi) is 18.7. The Morgan fingerprint density at radius 1 is 0.615 bits per heavy atom. The molecule has 0 radical (unpaired) electrons. The second-order valence-electron chi connectivity index (χ2n) is 16.2. The lowest BCUT2D eigenvalue weighted by atomic mass is 10.0. The van der Waals surface area contributed by atoms with Crippen molar-refractivity contribution in [1.82, 2.24) is 15.5 Å². The van der Waals surface area contributed by atoms with Crippen LogP contribution in [0.1, 0.15) is 67.9 Å². The van der Waals surface area contributed by atoms with Gasteiger partial charge in [0.1, 0.15) is 43.3 Å². The highest BCUT2D eigenvalue weighted by atomic mass is 16.6. The zero-order chi connectivity index (χ0) is 46.4. The van der Waals surface area contributed by atoms with Crippen molar-refractivity contribution in [3.8, 4) is 5.75 Å². The number of guanidine groups is 1. The van der Waals surface area contributed by atoms with Gasteiger partial charge in [0.2, 0.25) is 17.8 Å². The van der Waals surface area contributed by atoms with Gasteiger partial charge >= 0.3 is 18.2 Å². The van der Waals surface area contributed by atoms with Crippen molar-refractivity contribution in [2.75, 3.05) is 6.54 Å². The summed E-state index contributed by atoms with van der Waals surface area (Å²) in [6.07, 6.45) is -1.38. The van der Waals surface area contributed by atoms with Crippen molar-refractivity contribution in [2.24, 2.45) is 10.7 Å². The van der Waals surface area contributed by atoms with Gasteiger partial charge in [-0.3, -0.25) is 9.59 Å². The third-order valence-corrected chi connectivity index (χ3v) is 9.73. The molecule has 0 aliphatic rings. The minimum absolute atomic E-state index is 0.0106. The van der Waals surface area contributed by atoms with Gasteiger partial charge in [-0.1, -0.05) is 133 Å². The normalized spacial score (nSPS) is 12.2. The van der Waals surface area contributed by atoms with E-state index in [0.29, 0.717) is 17.7 Å². The number of hydrogen-bond acceptors (Lipinski definition) is 9. The zero-order valence-electron chi connectivity index (χ0n) is 37.0. The van der Waals surface area contributed by atoms with E-state index in [0.717, 1.165) is 27.2 Å². The minimum atomic E-state index is -1.18. The molecule has 2 unspecified atom stereocenters. The van der Waals surface area contributed by atoms with Crippen LogP contribution in [0, 0.1) is 0 Å². The molecule has 0 bridgehead atoms. The molecule has 340 valence electrons. The number of rotatable bonds is 20. The number of amides is 4. The summed E-state index contributed by atoms with van der Waals surface area (Å²) in [5, 5.41) is 5.67. The molecule has 5 aromatic carbocycles. The third-order valence-electron chi connectivity index (χ3n) is 9.73. The number of carbonyl (C=O) groups excluding carboxylic acids is 5. The summed E-state index contributed by atoms with van der Waals surface area (Å²) in [6.45, 7) is 5.51. The average molecular weight is 884 g/mol. The third kappa shape index (κ3) is 17.7. The molecular formula is C51H57N5O9. The number of aliphatic imine (C=N–C) groups is 1. The van der Waals surface area contributed by atoms with Crippen LogP contribution in [0.2, 0.25) is 0 Å². The fraction of sp³-hybridized carbons (Fsp3) is 0.294. The molecule has 0 aromatic heterocycles. The molecule has 0 aliphatic carbocycles. The molecule has 4 N–H and O–H groups in total. The van der Waals surface area contributed by atoms with Crippen LogP contribution in [0.25, 0.3) is 0 Å². The number of nitrogens with two attached hydrogens (primary N) is 1. The maximum absolute atomic E-state index is 14.3. The smallest absolute Gasteiger partial charge is 0.437 e. The molecule has 0 fully saturated rings.